The van der Waals surface area contributed by atoms with Gasteiger partial charge in [0.15, 0.2) is 17.0 Å². The number of carbonyl (C=O) groups is 1. The number of methoxy groups -OCH3 is 1. The first kappa shape index (κ1) is 27.7. The molecule has 0 radical (unpaired) electrons. The Balaban J connectivity index is 0.000000431. The van der Waals surface area contributed by atoms with Crippen LogP contribution >= 0.6 is 0 Å². The van der Waals surface area contributed by atoms with Gasteiger partial charge in [-0.1, -0.05) is 0 Å². The summed E-state index contributed by atoms with van der Waals surface area (Å²) in [4.78, 5) is 35.8. The minimum Gasteiger partial charge on any atom is -0.497 e. The summed E-state index contributed by atoms with van der Waals surface area (Å²) in [5, 5.41) is 10.6. The number of carboxylic acids is 1. The number of benzene rings is 1. The third kappa shape index (κ3) is 6.16. The Morgan fingerprint density at radius 2 is 1.93 bits per heavy atom. The van der Waals surface area contributed by atoms with Gasteiger partial charge in [-0.05, 0) is 19.2 Å². The molecule has 0 saturated carbocycles. The molecule has 0 spiro atoms. The zero-order chi connectivity index (χ0) is 29.1. The van der Waals surface area contributed by atoms with E-state index in [9.17, 15) is 13.2 Å². The molecule has 216 valence electrons. The summed E-state index contributed by atoms with van der Waals surface area (Å²) >= 11 is 0. The number of hydrogen-bond acceptors (Lipinski definition) is 10. The Kier molecular flexibility index (Phi) is 7.65. The maximum absolute atomic E-state index is 10.6. The smallest absolute Gasteiger partial charge is 0.490 e. The van der Waals surface area contributed by atoms with Gasteiger partial charge in [-0.2, -0.15) is 23.1 Å². The van der Waals surface area contributed by atoms with E-state index in [2.05, 4.69) is 37.1 Å². The number of likely N-dealkylation sites (N-methyl/N-ethyl adjacent to an activating group) is 1. The van der Waals surface area contributed by atoms with E-state index in [1.165, 1.54) is 0 Å². The number of nitrogens with one attached hydrogen (secondary N) is 2. The maximum atomic E-state index is 10.6. The summed E-state index contributed by atoms with van der Waals surface area (Å²) in [7, 11) is 3.78. The minimum atomic E-state index is -5.08. The first-order valence-corrected chi connectivity index (χ1v) is 12.4. The number of H-pyrrole nitrogens is 1. The molecule has 1 aliphatic rings. The summed E-state index contributed by atoms with van der Waals surface area (Å²) in [5.74, 6) is 0.176. The third-order valence-electron chi connectivity index (χ3n) is 6.36. The molecule has 0 amide bonds. The fourth-order valence-corrected chi connectivity index (χ4v) is 4.16. The molecular weight excluding hydrogens is 547 g/mol. The number of halogens is 3. The second-order valence-electron chi connectivity index (χ2n) is 9.15. The number of furan rings is 1. The van der Waals surface area contributed by atoms with Crippen LogP contribution in [0.15, 0.2) is 47.5 Å². The van der Waals surface area contributed by atoms with Gasteiger partial charge < -0.3 is 34.4 Å². The summed E-state index contributed by atoms with van der Waals surface area (Å²) < 4.78 is 44.2. The highest BCUT2D eigenvalue weighted by atomic mass is 19.4. The number of rotatable bonds is 6. The fraction of sp³-hybridized carbons (Fsp3) is 0.320. The summed E-state index contributed by atoms with van der Waals surface area (Å²) in [6.07, 6.45) is -0.0232. The number of ether oxygens (including phenoxy) is 1. The van der Waals surface area contributed by atoms with Crippen molar-refractivity contribution in [1.29, 1.82) is 0 Å². The second-order valence-corrected chi connectivity index (χ2v) is 9.15. The van der Waals surface area contributed by atoms with Crippen LogP contribution in [0.2, 0.25) is 0 Å². The van der Waals surface area contributed by atoms with Crippen LogP contribution in [-0.4, -0.2) is 92.0 Å². The van der Waals surface area contributed by atoms with Gasteiger partial charge in [0.2, 0.25) is 5.95 Å². The van der Waals surface area contributed by atoms with Gasteiger partial charge in [-0.15, -0.1) is 0 Å². The molecule has 0 bridgehead atoms. The number of alkyl halides is 3. The quantitative estimate of drug-likeness (QED) is 0.275. The number of imidazole rings is 2. The molecule has 1 aromatic carbocycles. The van der Waals surface area contributed by atoms with E-state index in [1.54, 1.807) is 26.0 Å². The molecule has 0 atom stereocenters. The van der Waals surface area contributed by atoms with E-state index < -0.39 is 12.1 Å². The second kappa shape index (κ2) is 11.3. The summed E-state index contributed by atoms with van der Waals surface area (Å²) in [6.45, 7) is 4.13. The monoisotopic (exact) mass is 573 g/mol. The number of hydrogen-bond donors (Lipinski definition) is 3. The van der Waals surface area contributed by atoms with E-state index in [0.29, 0.717) is 23.8 Å². The molecule has 1 saturated heterocycles. The maximum Gasteiger partial charge on any atom is 0.490 e. The largest absolute Gasteiger partial charge is 0.497 e. The normalized spacial score (nSPS) is 14.2. The van der Waals surface area contributed by atoms with Gasteiger partial charge in [0.25, 0.3) is 0 Å². The lowest BCUT2D eigenvalue weighted by molar-refractivity contribution is -0.192. The van der Waals surface area contributed by atoms with Crippen molar-refractivity contribution in [1.82, 2.24) is 34.4 Å². The van der Waals surface area contributed by atoms with Gasteiger partial charge >= 0.3 is 12.1 Å². The minimum absolute atomic E-state index is 0.462. The van der Waals surface area contributed by atoms with E-state index >= 15 is 0 Å². The standard InChI is InChI=1S/C23H25N9O2.C2HF3O2/c1-30-6-8-31(9-7-30)23-28-21(20-22(29-23)32(14-25-20)15-5-10-34-13-15)24-12-19-26-17-4-3-16(33-2)11-18(17)27-19;3-2(4,5)1(6)7/h3-5,10-11,13-14H,6-9,12H2,1-2H3,(H,26,27)(H,24,28,29);(H,6,7). The number of aliphatic carboxylic acids is 1. The van der Waals surface area contributed by atoms with E-state index in [-0.39, 0.29) is 0 Å². The number of nitrogens with zero attached hydrogens (tertiary/aromatic N) is 7. The molecule has 5 heterocycles. The molecule has 0 unspecified atom stereocenters. The molecule has 0 aliphatic carbocycles. The van der Waals surface area contributed by atoms with Crippen LogP contribution in [0.1, 0.15) is 5.82 Å². The Morgan fingerprint density at radius 3 is 2.59 bits per heavy atom. The zero-order valence-corrected chi connectivity index (χ0v) is 22.0. The SMILES string of the molecule is COc1ccc2nc(CNc3nc(N4CCN(C)CC4)nc4c3ncn4-c3ccoc3)[nH]c2c1.O=C(O)C(F)(F)F. The molecular formula is C25H26F3N9O4. The van der Waals surface area contributed by atoms with Crippen molar-refractivity contribution in [2.45, 2.75) is 12.7 Å². The van der Waals surface area contributed by atoms with Crippen molar-refractivity contribution in [3.8, 4) is 11.4 Å². The van der Waals surface area contributed by atoms with Crippen molar-refractivity contribution in [2.75, 3.05) is 50.6 Å². The predicted molar refractivity (Wildman–Crippen MR) is 142 cm³/mol. The topological polar surface area (TPSA) is 150 Å². The number of carboxylic acid groups (broad SMARTS) is 1. The molecule has 13 nitrogen and oxygen atoms in total. The van der Waals surface area contributed by atoms with Crippen molar-refractivity contribution in [3.63, 3.8) is 0 Å². The van der Waals surface area contributed by atoms with Gasteiger partial charge in [0, 0.05) is 38.3 Å². The van der Waals surface area contributed by atoms with E-state index in [0.717, 1.165) is 60.1 Å². The summed E-state index contributed by atoms with van der Waals surface area (Å²) in [6, 6.07) is 7.66. The van der Waals surface area contributed by atoms with Crippen LogP contribution in [0.5, 0.6) is 5.75 Å². The van der Waals surface area contributed by atoms with Crippen LogP contribution in [0.4, 0.5) is 24.9 Å². The molecule has 6 rings (SSSR count). The summed E-state index contributed by atoms with van der Waals surface area (Å²) in [5.41, 5.74) is 4.08. The number of aromatic amines is 1. The molecule has 16 heteroatoms. The molecule has 3 N–H and O–H groups in total. The third-order valence-corrected chi connectivity index (χ3v) is 6.36. The Labute approximate surface area is 230 Å². The van der Waals surface area contributed by atoms with E-state index in [1.807, 2.05) is 28.8 Å². The molecule has 5 aromatic rings. The highest BCUT2D eigenvalue weighted by molar-refractivity contribution is 5.85. The molecule has 4 aromatic heterocycles. The average molecular weight is 574 g/mol. The van der Waals surface area contributed by atoms with Gasteiger partial charge in [0.05, 0.1) is 36.6 Å². The number of anilines is 2. The Morgan fingerprint density at radius 1 is 1.17 bits per heavy atom. The molecule has 1 fully saturated rings. The Hall–Kier alpha value is -4.86. The van der Waals surface area contributed by atoms with Gasteiger partial charge in [-0.25, -0.2) is 14.8 Å². The van der Waals surface area contributed by atoms with Crippen LogP contribution in [0.25, 0.3) is 27.9 Å². The first-order valence-electron chi connectivity index (χ1n) is 12.4. The number of aromatic nitrogens is 6. The van der Waals surface area contributed by atoms with Crippen LogP contribution < -0.4 is 15.0 Å². The Bertz CT molecular complexity index is 1640. The molecule has 41 heavy (non-hydrogen) atoms. The number of fused-ring (bicyclic) bond motifs is 2. The number of piperazine rings is 1. The highest BCUT2D eigenvalue weighted by Crippen LogP contribution is 2.26. The lowest BCUT2D eigenvalue weighted by atomic mass is 10.3. The zero-order valence-electron chi connectivity index (χ0n) is 22.0. The van der Waals surface area contributed by atoms with Crippen molar-refractivity contribution in [2.24, 2.45) is 0 Å². The fourth-order valence-electron chi connectivity index (χ4n) is 4.16. The van der Waals surface area contributed by atoms with E-state index in [4.69, 9.17) is 29.0 Å². The first-order chi connectivity index (χ1) is 19.6. The molecule has 1 aliphatic heterocycles. The van der Waals surface area contributed by atoms with Gasteiger partial charge in [-0.3, -0.25) is 4.57 Å². The highest BCUT2D eigenvalue weighted by Gasteiger charge is 2.38. The predicted octanol–water partition coefficient (Wildman–Crippen LogP) is 3.29. The lowest BCUT2D eigenvalue weighted by Gasteiger charge is -2.32. The van der Waals surface area contributed by atoms with Crippen molar-refractivity contribution in [3.05, 3.63) is 48.9 Å². The van der Waals surface area contributed by atoms with Crippen molar-refractivity contribution >= 4 is 39.9 Å². The lowest BCUT2D eigenvalue weighted by Crippen LogP contribution is -2.45. The van der Waals surface area contributed by atoms with Gasteiger partial charge in [0.1, 0.15) is 24.2 Å². The van der Waals surface area contributed by atoms with Crippen LogP contribution in [0.3, 0.4) is 0 Å². The van der Waals surface area contributed by atoms with Crippen LogP contribution in [-0.2, 0) is 11.3 Å². The average Bonchev–Trinajstić information content (AvgIpc) is 3.71. The van der Waals surface area contributed by atoms with Crippen molar-refractivity contribution < 1.29 is 32.2 Å². The van der Waals surface area contributed by atoms with Crippen LogP contribution in [0, 0.1) is 0 Å².